The molecule has 0 fully saturated rings. The van der Waals surface area contributed by atoms with Crippen LogP contribution in [0.2, 0.25) is 0 Å². The number of hydrazone groups is 1. The lowest BCUT2D eigenvalue weighted by Gasteiger charge is -2.00. The summed E-state index contributed by atoms with van der Waals surface area (Å²) in [5, 5.41) is 4.10. The highest BCUT2D eigenvalue weighted by Gasteiger charge is 1.97. The Hall–Kier alpha value is -1.57. The van der Waals surface area contributed by atoms with Gasteiger partial charge in [0.1, 0.15) is 11.6 Å². The van der Waals surface area contributed by atoms with Crippen LogP contribution in [0.15, 0.2) is 29.4 Å². The Labute approximate surface area is 119 Å². The maximum Gasteiger partial charge on any atom is 0.247 e. The lowest BCUT2D eigenvalue weighted by atomic mass is 10.2. The molecule has 92 valence electrons. The summed E-state index contributed by atoms with van der Waals surface area (Å²) < 4.78 is 1.17. The van der Waals surface area contributed by atoms with Crippen molar-refractivity contribution in [3.05, 3.63) is 45.0 Å². The fourth-order valence-electron chi connectivity index (χ4n) is 1.42. The van der Waals surface area contributed by atoms with Crippen LogP contribution in [0.4, 0.5) is 5.95 Å². The molecule has 0 saturated heterocycles. The van der Waals surface area contributed by atoms with E-state index in [-0.39, 0.29) is 0 Å². The standard InChI is InChI=1S/C12H12IN5/c1-8-15-9(2)17-12(16-8)18-14-7-10-4-3-5-11(13)6-10/h3-7H,1-2H3,(H,15,16,17,18). The predicted octanol–water partition coefficient (Wildman–Crippen LogP) is 2.54. The largest absolute Gasteiger partial charge is 0.247 e. The minimum Gasteiger partial charge on any atom is -0.245 e. The predicted molar refractivity (Wildman–Crippen MR) is 79.7 cm³/mol. The Balaban J connectivity index is 2.07. The molecule has 5 nitrogen and oxygen atoms in total. The number of aryl methyl sites for hydroxylation is 2. The van der Waals surface area contributed by atoms with Gasteiger partial charge < -0.3 is 0 Å². The van der Waals surface area contributed by atoms with Crippen LogP contribution in [-0.4, -0.2) is 21.2 Å². The van der Waals surface area contributed by atoms with Crippen LogP contribution in [0, 0.1) is 17.4 Å². The lowest BCUT2D eigenvalue weighted by molar-refractivity contribution is 0.918. The van der Waals surface area contributed by atoms with Crippen molar-refractivity contribution in [1.82, 2.24) is 15.0 Å². The Morgan fingerprint density at radius 1 is 1.17 bits per heavy atom. The highest BCUT2D eigenvalue weighted by Crippen LogP contribution is 2.06. The van der Waals surface area contributed by atoms with Crippen LogP contribution < -0.4 is 5.43 Å². The minimum absolute atomic E-state index is 0.460. The second-order valence-corrected chi connectivity index (χ2v) is 4.92. The van der Waals surface area contributed by atoms with Gasteiger partial charge in [0.2, 0.25) is 5.95 Å². The normalized spacial score (nSPS) is 10.8. The number of rotatable bonds is 3. The van der Waals surface area contributed by atoms with Crippen molar-refractivity contribution in [2.24, 2.45) is 5.10 Å². The zero-order chi connectivity index (χ0) is 13.0. The molecule has 1 N–H and O–H groups in total. The molecule has 0 saturated carbocycles. The first kappa shape index (κ1) is 12.9. The number of hydrogen-bond donors (Lipinski definition) is 1. The molecule has 6 heteroatoms. The van der Waals surface area contributed by atoms with Crippen molar-refractivity contribution in [3.8, 4) is 0 Å². The van der Waals surface area contributed by atoms with Gasteiger partial charge in [-0.1, -0.05) is 12.1 Å². The van der Waals surface area contributed by atoms with Crippen molar-refractivity contribution in [2.75, 3.05) is 5.43 Å². The third-order valence-corrected chi connectivity index (χ3v) is 2.76. The van der Waals surface area contributed by atoms with E-state index in [1.807, 2.05) is 38.1 Å². The minimum atomic E-state index is 0.460. The number of nitrogens with one attached hydrogen (secondary N) is 1. The Kier molecular flexibility index (Phi) is 4.19. The van der Waals surface area contributed by atoms with Crippen LogP contribution in [0.1, 0.15) is 17.2 Å². The van der Waals surface area contributed by atoms with E-state index in [1.165, 1.54) is 3.57 Å². The molecule has 0 aliphatic rings. The molecule has 18 heavy (non-hydrogen) atoms. The summed E-state index contributed by atoms with van der Waals surface area (Å²) >= 11 is 2.26. The SMILES string of the molecule is Cc1nc(C)nc(NN=Cc2cccc(I)c2)n1. The van der Waals surface area contributed by atoms with Crippen molar-refractivity contribution in [2.45, 2.75) is 13.8 Å². The van der Waals surface area contributed by atoms with Gasteiger partial charge in [0, 0.05) is 3.57 Å². The molecule has 0 atom stereocenters. The Morgan fingerprint density at radius 2 is 1.89 bits per heavy atom. The van der Waals surface area contributed by atoms with E-state index in [0.29, 0.717) is 17.6 Å². The Morgan fingerprint density at radius 3 is 2.56 bits per heavy atom. The van der Waals surface area contributed by atoms with Crippen LogP contribution in [0.25, 0.3) is 0 Å². The smallest absolute Gasteiger partial charge is 0.245 e. The second-order valence-electron chi connectivity index (χ2n) is 3.68. The maximum absolute atomic E-state index is 4.13. The summed E-state index contributed by atoms with van der Waals surface area (Å²) in [5.41, 5.74) is 3.82. The number of anilines is 1. The highest BCUT2D eigenvalue weighted by molar-refractivity contribution is 14.1. The van der Waals surface area contributed by atoms with Gasteiger partial charge in [0.25, 0.3) is 0 Å². The molecule has 2 rings (SSSR count). The van der Waals surface area contributed by atoms with Crippen LogP contribution in [-0.2, 0) is 0 Å². The van der Waals surface area contributed by atoms with Gasteiger partial charge in [-0.3, -0.25) is 0 Å². The van der Waals surface area contributed by atoms with E-state index in [2.05, 4.69) is 48.1 Å². The number of hydrogen-bond acceptors (Lipinski definition) is 5. The van der Waals surface area contributed by atoms with Gasteiger partial charge in [-0.2, -0.15) is 15.1 Å². The molecular formula is C12H12IN5. The van der Waals surface area contributed by atoms with E-state index < -0.39 is 0 Å². The van der Waals surface area contributed by atoms with Crippen LogP contribution >= 0.6 is 22.6 Å². The molecule has 1 heterocycles. The van der Waals surface area contributed by atoms with Gasteiger partial charge >= 0.3 is 0 Å². The first-order valence-corrected chi connectivity index (χ1v) is 6.45. The molecule has 0 amide bonds. The van der Waals surface area contributed by atoms with Gasteiger partial charge in [-0.15, -0.1) is 0 Å². The molecule has 0 spiro atoms. The number of benzene rings is 1. The van der Waals surface area contributed by atoms with Crippen molar-refractivity contribution < 1.29 is 0 Å². The van der Waals surface area contributed by atoms with Crippen LogP contribution in [0.5, 0.6) is 0 Å². The summed E-state index contributed by atoms with van der Waals surface area (Å²) in [6, 6.07) is 8.04. The maximum atomic E-state index is 4.13. The summed E-state index contributed by atoms with van der Waals surface area (Å²) in [6.07, 6.45) is 1.73. The van der Waals surface area contributed by atoms with E-state index in [1.54, 1.807) is 6.21 Å². The van der Waals surface area contributed by atoms with E-state index in [0.717, 1.165) is 5.56 Å². The monoisotopic (exact) mass is 353 g/mol. The summed E-state index contributed by atoms with van der Waals surface area (Å²) in [4.78, 5) is 12.4. The molecule has 0 bridgehead atoms. The molecule has 1 aromatic heterocycles. The lowest BCUT2D eigenvalue weighted by Crippen LogP contribution is -2.02. The van der Waals surface area contributed by atoms with E-state index in [9.17, 15) is 0 Å². The number of nitrogens with zero attached hydrogens (tertiary/aromatic N) is 4. The van der Waals surface area contributed by atoms with Gasteiger partial charge in [0.15, 0.2) is 0 Å². The quantitative estimate of drug-likeness (QED) is 0.523. The summed E-state index contributed by atoms with van der Waals surface area (Å²) in [6.45, 7) is 3.65. The van der Waals surface area contributed by atoms with Gasteiger partial charge in [0.05, 0.1) is 6.21 Å². The fraction of sp³-hybridized carbons (Fsp3) is 0.167. The first-order chi connectivity index (χ1) is 8.63. The molecule has 1 aromatic carbocycles. The zero-order valence-electron chi connectivity index (χ0n) is 10.1. The summed E-state index contributed by atoms with van der Waals surface area (Å²) in [7, 11) is 0. The number of halogens is 1. The van der Waals surface area contributed by atoms with E-state index in [4.69, 9.17) is 0 Å². The van der Waals surface area contributed by atoms with E-state index >= 15 is 0 Å². The Bertz CT molecular complexity index is 562. The highest BCUT2D eigenvalue weighted by atomic mass is 127. The average Bonchev–Trinajstić information content (AvgIpc) is 2.27. The molecule has 0 aliphatic heterocycles. The molecule has 0 radical (unpaired) electrons. The summed E-state index contributed by atoms with van der Waals surface area (Å²) in [5.74, 6) is 1.81. The van der Waals surface area contributed by atoms with Crippen LogP contribution in [0.3, 0.4) is 0 Å². The second kappa shape index (κ2) is 5.85. The fourth-order valence-corrected chi connectivity index (χ4v) is 1.98. The number of aromatic nitrogens is 3. The first-order valence-electron chi connectivity index (χ1n) is 5.37. The molecule has 0 aliphatic carbocycles. The third-order valence-electron chi connectivity index (χ3n) is 2.09. The van der Waals surface area contributed by atoms with Crippen molar-refractivity contribution in [1.29, 1.82) is 0 Å². The molecular weight excluding hydrogens is 341 g/mol. The van der Waals surface area contributed by atoms with Gasteiger partial charge in [-0.25, -0.2) is 10.4 Å². The van der Waals surface area contributed by atoms with Gasteiger partial charge in [-0.05, 0) is 54.1 Å². The average molecular weight is 353 g/mol. The topological polar surface area (TPSA) is 63.1 Å². The third kappa shape index (κ3) is 3.73. The van der Waals surface area contributed by atoms with Crippen molar-refractivity contribution >= 4 is 34.8 Å². The zero-order valence-corrected chi connectivity index (χ0v) is 12.2. The van der Waals surface area contributed by atoms with Crippen molar-refractivity contribution in [3.63, 3.8) is 0 Å². The molecule has 2 aromatic rings. The molecule has 0 unspecified atom stereocenters.